The highest BCUT2D eigenvalue weighted by Gasteiger charge is 2.14. The maximum Gasteiger partial charge on any atom is 0.274 e. The molecule has 0 aliphatic carbocycles. The number of carbonyl (C=O) groups is 1. The van der Waals surface area contributed by atoms with Gasteiger partial charge in [0.25, 0.3) is 11.5 Å². The van der Waals surface area contributed by atoms with E-state index in [1.807, 2.05) is 0 Å². The number of amides is 1. The van der Waals surface area contributed by atoms with Gasteiger partial charge >= 0.3 is 0 Å². The Morgan fingerprint density at radius 2 is 1.79 bits per heavy atom. The number of carbonyl (C=O) groups excluding carboxylic acids is 1. The van der Waals surface area contributed by atoms with E-state index in [2.05, 4.69) is 4.72 Å². The van der Waals surface area contributed by atoms with Crippen LogP contribution in [0.25, 0.3) is 10.9 Å². The molecule has 0 fully saturated rings. The van der Waals surface area contributed by atoms with Crippen LogP contribution in [0, 0.1) is 6.92 Å². The summed E-state index contributed by atoms with van der Waals surface area (Å²) in [5.74, 6) is -0.952. The van der Waals surface area contributed by atoms with Crippen LogP contribution in [-0.4, -0.2) is 24.1 Å². The maximum absolute atomic E-state index is 12.5. The average molecular weight is 401 g/mol. The van der Waals surface area contributed by atoms with Crippen LogP contribution in [0.3, 0.4) is 0 Å². The number of nitrogens with one attached hydrogen (secondary N) is 2. The van der Waals surface area contributed by atoms with Gasteiger partial charge in [-0.1, -0.05) is 12.1 Å². The van der Waals surface area contributed by atoms with E-state index in [-0.39, 0.29) is 16.9 Å². The third kappa shape index (κ3) is 4.05. The van der Waals surface area contributed by atoms with Gasteiger partial charge in [-0.2, -0.15) is 0 Å². The number of pyridine rings is 1. The van der Waals surface area contributed by atoms with E-state index < -0.39 is 15.9 Å². The predicted octanol–water partition coefficient (Wildman–Crippen LogP) is 1.91. The fourth-order valence-corrected chi connectivity index (χ4v) is 4.15. The van der Waals surface area contributed by atoms with Crippen molar-refractivity contribution < 1.29 is 18.4 Å². The Hall–Kier alpha value is -3.17. The van der Waals surface area contributed by atoms with Crippen molar-refractivity contribution in [2.45, 2.75) is 12.7 Å². The second kappa shape index (κ2) is 7.45. The number of hydrogen-bond acceptors (Lipinski definition) is 5. The highest BCUT2D eigenvalue weighted by Crippen LogP contribution is 2.20. The van der Waals surface area contributed by atoms with Crippen molar-refractivity contribution >= 4 is 32.5 Å². The van der Waals surface area contributed by atoms with Crippen molar-refractivity contribution in [2.75, 3.05) is 4.72 Å². The van der Waals surface area contributed by atoms with Gasteiger partial charge in [-0.15, -0.1) is 0 Å². The van der Waals surface area contributed by atoms with Gasteiger partial charge in [0.05, 0.1) is 11.3 Å². The number of nitrogens with zero attached hydrogens (tertiary/aromatic N) is 1. The molecule has 28 heavy (non-hydrogen) atoms. The normalized spacial score (nSPS) is 11.4. The number of hydrogen-bond donors (Lipinski definition) is 3. The third-order valence-electron chi connectivity index (χ3n) is 4.35. The Bertz CT molecular complexity index is 1210. The first-order valence-electron chi connectivity index (χ1n) is 8.34. The number of aryl methyl sites for hydroxylation is 2. The van der Waals surface area contributed by atoms with Crippen molar-refractivity contribution in [2.24, 2.45) is 7.05 Å². The molecule has 3 rings (SSSR count). The van der Waals surface area contributed by atoms with Crippen LogP contribution in [0.4, 0.5) is 5.69 Å². The minimum absolute atomic E-state index is 0.0980. The molecule has 3 N–H and O–H groups in total. The molecule has 1 aromatic heterocycles. The summed E-state index contributed by atoms with van der Waals surface area (Å²) < 4.78 is 29.0. The lowest BCUT2D eigenvalue weighted by atomic mass is 10.1. The number of fused-ring (bicyclic) bond motifs is 1. The fourth-order valence-electron chi connectivity index (χ4n) is 2.96. The zero-order valence-corrected chi connectivity index (χ0v) is 16.1. The van der Waals surface area contributed by atoms with Crippen molar-refractivity contribution in [3.05, 3.63) is 75.6 Å². The van der Waals surface area contributed by atoms with Gasteiger partial charge in [0, 0.05) is 29.2 Å². The zero-order chi connectivity index (χ0) is 20.5. The third-order valence-corrected chi connectivity index (χ3v) is 5.61. The van der Waals surface area contributed by atoms with Crippen LogP contribution in [0.5, 0.6) is 0 Å². The molecule has 0 aliphatic rings. The number of aromatic nitrogens is 1. The van der Waals surface area contributed by atoms with E-state index in [4.69, 9.17) is 5.21 Å². The van der Waals surface area contributed by atoms with E-state index in [1.54, 1.807) is 38.2 Å². The largest absolute Gasteiger partial charge is 0.311 e. The number of anilines is 1. The van der Waals surface area contributed by atoms with Gasteiger partial charge in [-0.3, -0.25) is 19.5 Å². The average Bonchev–Trinajstić information content (AvgIpc) is 2.65. The van der Waals surface area contributed by atoms with E-state index in [0.717, 1.165) is 5.39 Å². The molecule has 0 unspecified atom stereocenters. The summed E-state index contributed by atoms with van der Waals surface area (Å²) >= 11 is 0. The first-order chi connectivity index (χ1) is 13.2. The highest BCUT2D eigenvalue weighted by molar-refractivity contribution is 7.91. The Kier molecular flexibility index (Phi) is 5.21. The van der Waals surface area contributed by atoms with Crippen molar-refractivity contribution in [3.8, 4) is 0 Å². The number of benzene rings is 2. The smallest absolute Gasteiger partial charge is 0.274 e. The monoisotopic (exact) mass is 401 g/mol. The molecule has 0 saturated heterocycles. The first kappa shape index (κ1) is 19.6. The van der Waals surface area contributed by atoms with Gasteiger partial charge in [-0.25, -0.2) is 13.9 Å². The molecule has 2 aromatic carbocycles. The molecule has 0 aliphatic heterocycles. The Balaban J connectivity index is 1.83. The van der Waals surface area contributed by atoms with Gasteiger partial charge in [0.15, 0.2) is 0 Å². The lowest BCUT2D eigenvalue weighted by Crippen LogP contribution is -2.19. The zero-order valence-electron chi connectivity index (χ0n) is 15.3. The molecular weight excluding hydrogens is 382 g/mol. The molecule has 1 amide bonds. The molecule has 0 saturated carbocycles. The maximum atomic E-state index is 12.5. The Morgan fingerprint density at radius 1 is 1.11 bits per heavy atom. The summed E-state index contributed by atoms with van der Waals surface area (Å²) in [5.41, 5.74) is 3.79. The van der Waals surface area contributed by atoms with Crippen molar-refractivity contribution in [3.63, 3.8) is 0 Å². The van der Waals surface area contributed by atoms with Crippen LogP contribution in [0.15, 0.2) is 53.3 Å². The van der Waals surface area contributed by atoms with Crippen LogP contribution < -0.4 is 15.8 Å². The van der Waals surface area contributed by atoms with E-state index in [1.165, 1.54) is 34.3 Å². The van der Waals surface area contributed by atoms with Gasteiger partial charge in [0.2, 0.25) is 10.0 Å². The minimum atomic E-state index is -3.69. The van der Waals surface area contributed by atoms with Crippen LogP contribution >= 0.6 is 0 Å². The lowest BCUT2D eigenvalue weighted by Gasteiger charge is -2.11. The summed E-state index contributed by atoms with van der Waals surface area (Å²) in [6, 6.07) is 12.5. The van der Waals surface area contributed by atoms with E-state index in [9.17, 15) is 18.0 Å². The quantitative estimate of drug-likeness (QED) is 0.446. The van der Waals surface area contributed by atoms with Crippen molar-refractivity contribution in [1.29, 1.82) is 0 Å². The summed E-state index contributed by atoms with van der Waals surface area (Å²) in [7, 11) is -2.02. The summed E-state index contributed by atoms with van der Waals surface area (Å²) in [6.45, 7) is 1.71. The van der Waals surface area contributed by atoms with Gasteiger partial charge < -0.3 is 4.57 Å². The van der Waals surface area contributed by atoms with E-state index >= 15 is 0 Å². The first-order valence-corrected chi connectivity index (χ1v) is 9.99. The predicted molar refractivity (Wildman–Crippen MR) is 106 cm³/mol. The second-order valence-electron chi connectivity index (χ2n) is 6.46. The molecule has 0 spiro atoms. The Morgan fingerprint density at radius 3 is 2.43 bits per heavy atom. The minimum Gasteiger partial charge on any atom is -0.311 e. The number of sulfonamides is 1. The van der Waals surface area contributed by atoms with Crippen molar-refractivity contribution in [1.82, 2.24) is 10.0 Å². The molecule has 3 aromatic rings. The summed E-state index contributed by atoms with van der Waals surface area (Å²) in [6.07, 6.45) is 0. The second-order valence-corrected chi connectivity index (χ2v) is 8.19. The molecule has 0 radical (unpaired) electrons. The molecule has 0 bridgehead atoms. The molecule has 0 atom stereocenters. The standard InChI is InChI=1S/C19H19N3O5S/c1-12-9-15-10-16(7-8-17(15)22(2)19(12)24)21-28(26,27)11-13-3-5-14(6-4-13)18(23)20-25/h3-10,21,25H,11H2,1-2H3,(H,20,23). The molecule has 1 heterocycles. The lowest BCUT2D eigenvalue weighted by molar-refractivity contribution is 0.0706. The van der Waals surface area contributed by atoms with E-state index in [0.29, 0.717) is 22.3 Å². The topological polar surface area (TPSA) is 118 Å². The molecule has 8 nitrogen and oxygen atoms in total. The number of rotatable bonds is 5. The fraction of sp³-hybridized carbons (Fsp3) is 0.158. The summed E-state index contributed by atoms with van der Waals surface area (Å²) in [5, 5.41) is 9.36. The van der Waals surface area contributed by atoms with Gasteiger partial charge in [0.1, 0.15) is 0 Å². The highest BCUT2D eigenvalue weighted by atomic mass is 32.2. The van der Waals surface area contributed by atoms with Crippen LogP contribution in [-0.2, 0) is 22.8 Å². The SMILES string of the molecule is Cc1cc2cc(NS(=O)(=O)Cc3ccc(C(=O)NO)cc3)ccc2n(C)c1=O. The molecule has 9 heteroatoms. The summed E-state index contributed by atoms with van der Waals surface area (Å²) in [4.78, 5) is 23.3. The number of hydroxylamine groups is 1. The van der Waals surface area contributed by atoms with Crippen LogP contribution in [0.2, 0.25) is 0 Å². The molecule has 146 valence electrons. The Labute approximate surface area is 161 Å². The molecular formula is C19H19N3O5S. The van der Waals surface area contributed by atoms with Gasteiger partial charge in [-0.05, 0) is 48.9 Å². The van der Waals surface area contributed by atoms with Crippen LogP contribution in [0.1, 0.15) is 21.5 Å².